The molecule has 54 heavy (non-hydrogen) atoms. The minimum Gasteiger partial charge on any atom is -0.462 e. The molecule has 0 saturated carbocycles. The molecule has 0 aliphatic rings. The quantitative estimate of drug-likeness (QED) is 0.0166. The van der Waals surface area contributed by atoms with Gasteiger partial charge in [-0.1, -0.05) is 139 Å². The van der Waals surface area contributed by atoms with Crippen LogP contribution in [0.2, 0.25) is 0 Å². The minimum atomic E-state index is -4.38. The van der Waals surface area contributed by atoms with E-state index in [2.05, 4.69) is 56.4 Å². The zero-order valence-corrected chi connectivity index (χ0v) is 35.8. The van der Waals surface area contributed by atoms with Crippen LogP contribution in [0.1, 0.15) is 155 Å². The molecule has 0 rings (SSSR count). The number of hydrogen-bond donors (Lipinski definition) is 1. The van der Waals surface area contributed by atoms with Crippen molar-refractivity contribution in [3.63, 3.8) is 0 Å². The lowest BCUT2D eigenvalue weighted by Gasteiger charge is -2.24. The molecule has 0 aromatic heterocycles. The smallest absolute Gasteiger partial charge is 0.462 e. The summed E-state index contributed by atoms with van der Waals surface area (Å²) in [5.41, 5.74) is 0. The monoisotopic (exact) mass is 781 g/mol. The van der Waals surface area contributed by atoms with E-state index < -0.39 is 26.5 Å². The van der Waals surface area contributed by atoms with Crippen LogP contribution in [-0.2, 0) is 32.7 Å². The number of rotatable bonds is 37. The Morgan fingerprint density at radius 1 is 0.611 bits per heavy atom. The molecule has 0 aromatic rings. The summed E-state index contributed by atoms with van der Waals surface area (Å²) in [6, 6.07) is 0. The van der Waals surface area contributed by atoms with E-state index in [0.717, 1.165) is 77.0 Å². The average Bonchev–Trinajstić information content (AvgIpc) is 3.12. The number of hydrogen-bond acceptors (Lipinski definition) is 7. The number of allylic oxidation sites excluding steroid dienone is 10. The van der Waals surface area contributed by atoms with E-state index in [4.69, 9.17) is 18.5 Å². The summed E-state index contributed by atoms with van der Waals surface area (Å²) in [5.74, 6) is -0.837. The Kier molecular flexibility index (Phi) is 34.8. The Morgan fingerprint density at radius 3 is 1.70 bits per heavy atom. The second-order valence-corrected chi connectivity index (χ2v) is 16.5. The van der Waals surface area contributed by atoms with Crippen molar-refractivity contribution >= 4 is 19.8 Å². The zero-order chi connectivity index (χ0) is 40.0. The standard InChI is InChI=1S/C44H78NO8P/c1-6-8-10-12-14-16-18-20-21-22-23-25-26-28-30-32-34-36-43(46)50-40-42(41-52-54(48,49)51-39-38-45(3,4)5)53-44(47)37-35-33-31-29-27-24-19-17-15-13-11-9-7-2/h9,11,13-17,19-21,42H,6-8,10,12,18,22-41H2,1-5H3/p+1/b11-9+,15-13+,16-14+,19-17+,21-20+. The van der Waals surface area contributed by atoms with Gasteiger partial charge in [-0.25, -0.2) is 4.57 Å². The van der Waals surface area contributed by atoms with Crippen LogP contribution in [0.5, 0.6) is 0 Å². The molecule has 9 nitrogen and oxygen atoms in total. The fraction of sp³-hybridized carbons (Fsp3) is 0.727. The number of quaternary nitrogens is 1. The lowest BCUT2D eigenvalue weighted by molar-refractivity contribution is -0.870. The molecule has 0 bridgehead atoms. The maximum Gasteiger partial charge on any atom is 0.472 e. The Balaban J connectivity index is 4.41. The third kappa shape index (κ3) is 39.4. The summed E-state index contributed by atoms with van der Waals surface area (Å²) in [4.78, 5) is 35.3. The van der Waals surface area contributed by atoms with Gasteiger partial charge in [0.15, 0.2) is 6.10 Å². The fourth-order valence-electron chi connectivity index (χ4n) is 5.28. The molecule has 0 heterocycles. The molecule has 2 unspecified atom stereocenters. The average molecular weight is 781 g/mol. The molecule has 10 heteroatoms. The van der Waals surface area contributed by atoms with Gasteiger partial charge in [0.2, 0.25) is 0 Å². The van der Waals surface area contributed by atoms with Gasteiger partial charge in [0.25, 0.3) is 0 Å². The van der Waals surface area contributed by atoms with Crippen molar-refractivity contribution in [1.29, 1.82) is 0 Å². The number of phosphoric ester groups is 1. The predicted octanol–water partition coefficient (Wildman–Crippen LogP) is 11.7. The molecule has 2 atom stereocenters. The van der Waals surface area contributed by atoms with Crippen molar-refractivity contribution in [2.45, 2.75) is 161 Å². The number of nitrogens with zero attached hydrogens (tertiary/aromatic N) is 1. The van der Waals surface area contributed by atoms with Crippen LogP contribution in [0.3, 0.4) is 0 Å². The van der Waals surface area contributed by atoms with Crippen LogP contribution in [-0.4, -0.2) is 74.9 Å². The normalized spacial score (nSPS) is 14.3. The number of carbonyl (C=O) groups is 2. The summed E-state index contributed by atoms with van der Waals surface area (Å²) in [6.45, 7) is 4.21. The minimum absolute atomic E-state index is 0.0232. The Labute approximate surface area is 330 Å². The first-order chi connectivity index (χ1) is 26.0. The Morgan fingerprint density at radius 2 is 1.13 bits per heavy atom. The van der Waals surface area contributed by atoms with Gasteiger partial charge in [0.1, 0.15) is 19.8 Å². The third-order valence-corrected chi connectivity index (χ3v) is 9.58. The van der Waals surface area contributed by atoms with Gasteiger partial charge < -0.3 is 18.9 Å². The van der Waals surface area contributed by atoms with Crippen molar-refractivity contribution < 1.29 is 42.1 Å². The van der Waals surface area contributed by atoms with Gasteiger partial charge in [0, 0.05) is 12.8 Å². The van der Waals surface area contributed by atoms with Crippen LogP contribution in [0.4, 0.5) is 0 Å². The van der Waals surface area contributed by atoms with Crippen molar-refractivity contribution in [3.05, 3.63) is 60.8 Å². The molecule has 0 radical (unpaired) electrons. The number of unbranched alkanes of at least 4 members (excludes halogenated alkanes) is 15. The fourth-order valence-corrected chi connectivity index (χ4v) is 6.02. The van der Waals surface area contributed by atoms with E-state index in [1.165, 1.54) is 44.9 Å². The van der Waals surface area contributed by atoms with Crippen molar-refractivity contribution in [1.82, 2.24) is 0 Å². The first-order valence-electron chi connectivity index (χ1n) is 21.0. The van der Waals surface area contributed by atoms with Crippen LogP contribution in [0.25, 0.3) is 0 Å². The first-order valence-corrected chi connectivity index (χ1v) is 22.5. The zero-order valence-electron chi connectivity index (χ0n) is 34.9. The molecule has 0 aliphatic heterocycles. The van der Waals surface area contributed by atoms with Crippen LogP contribution >= 0.6 is 7.82 Å². The van der Waals surface area contributed by atoms with E-state index in [-0.39, 0.29) is 32.0 Å². The summed E-state index contributed by atoms with van der Waals surface area (Å²) in [7, 11) is 1.45. The summed E-state index contributed by atoms with van der Waals surface area (Å²) in [5, 5.41) is 0. The van der Waals surface area contributed by atoms with Gasteiger partial charge in [-0.3, -0.25) is 18.6 Å². The maximum atomic E-state index is 12.6. The molecule has 0 saturated heterocycles. The lowest BCUT2D eigenvalue weighted by atomic mass is 10.1. The van der Waals surface area contributed by atoms with E-state index in [1.54, 1.807) is 0 Å². The lowest BCUT2D eigenvalue weighted by Crippen LogP contribution is -2.37. The van der Waals surface area contributed by atoms with Gasteiger partial charge >= 0.3 is 19.8 Å². The number of ether oxygens (including phenoxy) is 2. The third-order valence-electron chi connectivity index (χ3n) is 8.59. The van der Waals surface area contributed by atoms with Gasteiger partial charge in [0.05, 0.1) is 27.7 Å². The van der Waals surface area contributed by atoms with E-state index >= 15 is 0 Å². The number of esters is 2. The Bertz CT molecular complexity index is 1110. The summed E-state index contributed by atoms with van der Waals surface area (Å²) >= 11 is 0. The van der Waals surface area contributed by atoms with Gasteiger partial charge in [-0.15, -0.1) is 0 Å². The van der Waals surface area contributed by atoms with Crippen molar-refractivity contribution in [2.24, 2.45) is 0 Å². The molecule has 312 valence electrons. The van der Waals surface area contributed by atoms with Gasteiger partial charge in [-0.05, 0) is 64.2 Å². The second-order valence-electron chi connectivity index (χ2n) is 15.1. The second kappa shape index (κ2) is 36.4. The van der Waals surface area contributed by atoms with Crippen LogP contribution < -0.4 is 0 Å². The van der Waals surface area contributed by atoms with Crippen molar-refractivity contribution in [2.75, 3.05) is 47.5 Å². The van der Waals surface area contributed by atoms with Crippen LogP contribution in [0.15, 0.2) is 60.8 Å². The highest BCUT2D eigenvalue weighted by Gasteiger charge is 2.27. The molecule has 0 aromatic carbocycles. The topological polar surface area (TPSA) is 108 Å². The number of likely N-dealkylation sites (N-methyl/N-ethyl adjacent to an activating group) is 1. The van der Waals surface area contributed by atoms with Crippen LogP contribution in [0, 0.1) is 0 Å². The maximum absolute atomic E-state index is 12.6. The Hall–Kier alpha value is -2.29. The molecule has 0 fully saturated rings. The molecule has 0 amide bonds. The summed E-state index contributed by atoms with van der Waals surface area (Å²) < 4.78 is 34.2. The number of carbonyl (C=O) groups excluding carboxylic acids is 2. The molecule has 0 aliphatic carbocycles. The van der Waals surface area contributed by atoms with Crippen molar-refractivity contribution in [3.8, 4) is 0 Å². The summed E-state index contributed by atoms with van der Waals surface area (Å²) in [6.07, 6.45) is 42.7. The molecular formula is C44H79NO8P+. The molecular weight excluding hydrogens is 701 g/mol. The highest BCUT2D eigenvalue weighted by atomic mass is 31.2. The van der Waals surface area contributed by atoms with E-state index in [1.807, 2.05) is 39.4 Å². The van der Waals surface area contributed by atoms with Gasteiger partial charge in [-0.2, -0.15) is 0 Å². The molecule has 1 N–H and O–H groups in total. The van der Waals surface area contributed by atoms with E-state index in [0.29, 0.717) is 17.4 Å². The SMILES string of the molecule is CC/C=C/C=C/C=C/CCCCCCCC(=O)OC(COC(=O)CCCCCCCCC/C=C/C/C=C/CCCCC)COP(=O)(O)OCC[N+](C)(C)C. The number of phosphoric acid groups is 1. The first kappa shape index (κ1) is 51.7. The molecule has 0 spiro atoms. The largest absolute Gasteiger partial charge is 0.472 e. The predicted molar refractivity (Wildman–Crippen MR) is 224 cm³/mol. The van der Waals surface area contributed by atoms with E-state index in [9.17, 15) is 19.0 Å². The highest BCUT2D eigenvalue weighted by Crippen LogP contribution is 2.43. The highest BCUT2D eigenvalue weighted by molar-refractivity contribution is 7.47.